The average Bonchev–Trinajstić information content (AvgIpc) is 2.71. The van der Waals surface area contributed by atoms with Gasteiger partial charge in [-0.2, -0.15) is 5.10 Å². The number of nitrogens with zero attached hydrogens (tertiary/aromatic N) is 2. The predicted octanol–water partition coefficient (Wildman–Crippen LogP) is 1.24. The number of esters is 1. The van der Waals surface area contributed by atoms with Crippen LogP contribution in [-0.4, -0.2) is 53.2 Å². The lowest BCUT2D eigenvalue weighted by Crippen LogP contribution is -2.38. The molecule has 0 atom stereocenters. The highest BCUT2D eigenvalue weighted by Gasteiger charge is 2.16. The molecule has 1 rings (SSSR count). The fraction of sp³-hybridized carbons (Fsp3) is 0.643. The lowest BCUT2D eigenvalue weighted by Gasteiger charge is -2.20. The number of carbonyl (C=O) groups excluding carboxylic acids is 2. The van der Waals surface area contributed by atoms with Gasteiger partial charge in [-0.15, -0.1) is 0 Å². The third-order valence-corrected chi connectivity index (χ3v) is 2.96. The van der Waals surface area contributed by atoms with Crippen molar-refractivity contribution in [2.45, 2.75) is 34.1 Å². The van der Waals surface area contributed by atoms with Gasteiger partial charge in [0.15, 0.2) is 0 Å². The quantitative estimate of drug-likeness (QED) is 0.705. The van der Waals surface area contributed by atoms with Crippen LogP contribution in [0.3, 0.4) is 0 Å². The molecular formula is C14H24N4O3. The molecule has 0 aliphatic carbocycles. The Kier molecular flexibility index (Phi) is 6.87. The van der Waals surface area contributed by atoms with Crippen LogP contribution in [0.4, 0.5) is 5.69 Å². The monoisotopic (exact) mass is 296 g/mol. The Morgan fingerprint density at radius 2 is 2.00 bits per heavy atom. The zero-order chi connectivity index (χ0) is 15.8. The standard InChI is InChI=1S/C14H24N4O3/c1-5-7-18(9-13(20)21-6-2)8-12(19)15-14-10(3)16-17-11(14)4/h5-9H2,1-4H3,(H,15,19)(H,16,17). The van der Waals surface area contributed by atoms with E-state index in [0.717, 1.165) is 17.8 Å². The van der Waals surface area contributed by atoms with E-state index in [1.54, 1.807) is 11.8 Å². The van der Waals surface area contributed by atoms with Crippen LogP contribution in [0.2, 0.25) is 0 Å². The number of hydrogen-bond donors (Lipinski definition) is 2. The summed E-state index contributed by atoms with van der Waals surface area (Å²) in [6, 6.07) is 0. The third kappa shape index (κ3) is 5.55. The molecule has 0 aliphatic rings. The van der Waals surface area contributed by atoms with E-state index in [1.807, 2.05) is 20.8 Å². The van der Waals surface area contributed by atoms with Gasteiger partial charge in [-0.1, -0.05) is 6.92 Å². The van der Waals surface area contributed by atoms with Gasteiger partial charge in [0.2, 0.25) is 5.91 Å². The van der Waals surface area contributed by atoms with Crippen molar-refractivity contribution in [1.29, 1.82) is 0 Å². The molecule has 0 radical (unpaired) electrons. The highest BCUT2D eigenvalue weighted by atomic mass is 16.5. The highest BCUT2D eigenvalue weighted by Crippen LogP contribution is 2.15. The molecule has 2 N–H and O–H groups in total. The summed E-state index contributed by atoms with van der Waals surface area (Å²) < 4.78 is 4.92. The molecule has 0 spiro atoms. The maximum absolute atomic E-state index is 12.1. The minimum absolute atomic E-state index is 0.123. The van der Waals surface area contributed by atoms with E-state index >= 15 is 0 Å². The molecule has 21 heavy (non-hydrogen) atoms. The molecule has 7 heteroatoms. The number of aromatic nitrogens is 2. The van der Waals surface area contributed by atoms with Crippen molar-refractivity contribution in [3.63, 3.8) is 0 Å². The number of nitrogens with one attached hydrogen (secondary N) is 2. The first kappa shape index (κ1) is 17.2. The zero-order valence-corrected chi connectivity index (χ0v) is 13.2. The van der Waals surface area contributed by atoms with E-state index in [1.165, 1.54) is 0 Å². The second kappa shape index (κ2) is 8.41. The Balaban J connectivity index is 2.58. The van der Waals surface area contributed by atoms with E-state index in [-0.39, 0.29) is 25.0 Å². The first-order valence-corrected chi connectivity index (χ1v) is 7.17. The second-order valence-corrected chi connectivity index (χ2v) is 4.87. The van der Waals surface area contributed by atoms with Crippen molar-refractivity contribution in [3.8, 4) is 0 Å². The van der Waals surface area contributed by atoms with Crippen LogP contribution >= 0.6 is 0 Å². The maximum Gasteiger partial charge on any atom is 0.320 e. The first-order valence-electron chi connectivity index (χ1n) is 7.17. The summed E-state index contributed by atoms with van der Waals surface area (Å²) in [6.07, 6.45) is 0.858. The molecule has 1 aromatic heterocycles. The fourth-order valence-corrected chi connectivity index (χ4v) is 2.04. The van der Waals surface area contributed by atoms with Crippen LogP contribution in [0.5, 0.6) is 0 Å². The van der Waals surface area contributed by atoms with Crippen molar-refractivity contribution >= 4 is 17.6 Å². The number of H-pyrrole nitrogens is 1. The maximum atomic E-state index is 12.1. The normalized spacial score (nSPS) is 10.7. The lowest BCUT2D eigenvalue weighted by molar-refractivity contribution is -0.144. The fourth-order valence-electron chi connectivity index (χ4n) is 2.04. The molecule has 0 saturated carbocycles. The largest absolute Gasteiger partial charge is 0.465 e. The number of ether oxygens (including phenoxy) is 1. The summed E-state index contributed by atoms with van der Waals surface area (Å²) in [5.74, 6) is -0.477. The highest BCUT2D eigenvalue weighted by molar-refractivity contribution is 5.93. The van der Waals surface area contributed by atoms with Gasteiger partial charge in [-0.05, 0) is 33.7 Å². The van der Waals surface area contributed by atoms with Crippen LogP contribution in [0.1, 0.15) is 31.7 Å². The summed E-state index contributed by atoms with van der Waals surface area (Å²) in [5.41, 5.74) is 2.26. The number of aryl methyl sites for hydroxylation is 2. The lowest BCUT2D eigenvalue weighted by atomic mass is 10.3. The number of aromatic amines is 1. The van der Waals surface area contributed by atoms with Gasteiger partial charge in [0.25, 0.3) is 0 Å². The van der Waals surface area contributed by atoms with E-state index in [9.17, 15) is 9.59 Å². The summed E-state index contributed by atoms with van der Waals surface area (Å²) >= 11 is 0. The summed E-state index contributed by atoms with van der Waals surface area (Å²) in [6.45, 7) is 8.71. The SMILES string of the molecule is CCCN(CC(=O)Nc1c(C)n[nH]c1C)CC(=O)OCC. The number of rotatable bonds is 8. The summed E-state index contributed by atoms with van der Waals surface area (Å²) in [5, 5.41) is 9.67. The van der Waals surface area contributed by atoms with Gasteiger partial charge >= 0.3 is 5.97 Å². The summed E-state index contributed by atoms with van der Waals surface area (Å²) in [4.78, 5) is 25.4. The van der Waals surface area contributed by atoms with Crippen molar-refractivity contribution in [3.05, 3.63) is 11.4 Å². The topological polar surface area (TPSA) is 87.3 Å². The van der Waals surface area contributed by atoms with E-state index in [0.29, 0.717) is 18.8 Å². The molecule has 0 unspecified atom stereocenters. The molecule has 1 heterocycles. The molecule has 0 saturated heterocycles. The molecule has 1 amide bonds. The van der Waals surface area contributed by atoms with E-state index in [4.69, 9.17) is 4.74 Å². The van der Waals surface area contributed by atoms with Gasteiger partial charge in [0.1, 0.15) is 0 Å². The first-order chi connectivity index (χ1) is 9.97. The third-order valence-electron chi connectivity index (χ3n) is 2.96. The van der Waals surface area contributed by atoms with Crippen molar-refractivity contribution < 1.29 is 14.3 Å². The number of hydrogen-bond acceptors (Lipinski definition) is 5. The minimum atomic E-state index is -0.311. The molecule has 0 aromatic carbocycles. The second-order valence-electron chi connectivity index (χ2n) is 4.87. The molecule has 0 fully saturated rings. The van der Waals surface area contributed by atoms with E-state index < -0.39 is 0 Å². The van der Waals surface area contributed by atoms with Crippen molar-refractivity contribution in [2.75, 3.05) is 31.6 Å². The Bertz CT molecular complexity index is 465. The zero-order valence-electron chi connectivity index (χ0n) is 13.2. The van der Waals surface area contributed by atoms with Gasteiger partial charge in [-0.25, -0.2) is 0 Å². The van der Waals surface area contributed by atoms with Gasteiger partial charge in [-0.3, -0.25) is 19.6 Å². The molecule has 1 aromatic rings. The van der Waals surface area contributed by atoms with Gasteiger partial charge in [0, 0.05) is 0 Å². The Hall–Kier alpha value is -1.89. The number of amides is 1. The molecule has 0 aliphatic heterocycles. The number of carbonyl (C=O) groups is 2. The Morgan fingerprint density at radius 1 is 1.29 bits per heavy atom. The van der Waals surface area contributed by atoms with Gasteiger partial charge in [0.05, 0.1) is 36.8 Å². The number of anilines is 1. The van der Waals surface area contributed by atoms with Crippen LogP contribution in [-0.2, 0) is 14.3 Å². The smallest absolute Gasteiger partial charge is 0.320 e. The van der Waals surface area contributed by atoms with Crippen LogP contribution < -0.4 is 5.32 Å². The van der Waals surface area contributed by atoms with Crippen LogP contribution in [0, 0.1) is 13.8 Å². The van der Waals surface area contributed by atoms with E-state index in [2.05, 4.69) is 15.5 Å². The summed E-state index contributed by atoms with van der Waals surface area (Å²) in [7, 11) is 0. The Morgan fingerprint density at radius 3 is 2.52 bits per heavy atom. The molecule has 0 bridgehead atoms. The minimum Gasteiger partial charge on any atom is -0.465 e. The molecule has 118 valence electrons. The van der Waals surface area contributed by atoms with Gasteiger partial charge < -0.3 is 10.1 Å². The predicted molar refractivity (Wildman–Crippen MR) is 80.1 cm³/mol. The van der Waals surface area contributed by atoms with Crippen LogP contribution in [0.15, 0.2) is 0 Å². The van der Waals surface area contributed by atoms with Crippen molar-refractivity contribution in [2.24, 2.45) is 0 Å². The Labute approximate surface area is 125 Å². The van der Waals surface area contributed by atoms with Crippen LogP contribution in [0.25, 0.3) is 0 Å². The van der Waals surface area contributed by atoms with Crippen molar-refractivity contribution in [1.82, 2.24) is 15.1 Å². The molecular weight excluding hydrogens is 272 g/mol. The molecule has 7 nitrogen and oxygen atoms in total. The average molecular weight is 296 g/mol.